The molecule has 2 heterocycles. The Hall–Kier alpha value is -2.53. The average molecular weight is 499 g/mol. The highest BCUT2D eigenvalue weighted by Gasteiger charge is 2.33. The first-order valence-corrected chi connectivity index (χ1v) is 11.7. The minimum atomic E-state index is -3.94. The summed E-state index contributed by atoms with van der Waals surface area (Å²) in [6.07, 6.45) is 1.24. The van der Waals surface area contributed by atoms with Gasteiger partial charge in [-0.15, -0.1) is 0 Å². The standard InChI is InChI=1S/C20H17Cl2FN4O4S/c21-15-2-1-3-16(22)19(15)32(30,31)27-8-6-25(7-9-27)18(28)11-26-12-24-17-5-4-13(23)10-14(17)20(26)29/h1-5,10,12H,6-9,11H2. The van der Waals surface area contributed by atoms with E-state index in [9.17, 15) is 22.4 Å². The fourth-order valence-electron chi connectivity index (χ4n) is 3.53. The van der Waals surface area contributed by atoms with Gasteiger partial charge < -0.3 is 4.90 Å². The predicted octanol–water partition coefficient (Wildman–Crippen LogP) is 2.38. The molecule has 8 nitrogen and oxygen atoms in total. The topological polar surface area (TPSA) is 92.6 Å². The van der Waals surface area contributed by atoms with E-state index in [1.165, 1.54) is 39.8 Å². The smallest absolute Gasteiger partial charge is 0.261 e. The highest BCUT2D eigenvalue weighted by Crippen LogP contribution is 2.31. The van der Waals surface area contributed by atoms with E-state index in [-0.39, 0.29) is 59.0 Å². The zero-order valence-electron chi connectivity index (χ0n) is 16.5. The van der Waals surface area contributed by atoms with Crippen LogP contribution in [0.2, 0.25) is 10.0 Å². The molecule has 3 aromatic rings. The van der Waals surface area contributed by atoms with Gasteiger partial charge in [0, 0.05) is 26.2 Å². The number of carbonyl (C=O) groups is 1. The molecule has 1 amide bonds. The lowest BCUT2D eigenvalue weighted by Gasteiger charge is -2.34. The molecule has 1 aliphatic rings. The molecule has 0 unspecified atom stereocenters. The fourth-order valence-corrected chi connectivity index (χ4v) is 6.04. The van der Waals surface area contributed by atoms with Crippen LogP contribution in [0, 0.1) is 5.82 Å². The number of aromatic nitrogens is 2. The van der Waals surface area contributed by atoms with Crippen molar-refractivity contribution in [3.63, 3.8) is 0 Å². The molecule has 0 saturated carbocycles. The number of piperazine rings is 1. The SMILES string of the molecule is O=C(Cn1cnc2ccc(F)cc2c1=O)N1CCN(S(=O)(=O)c2c(Cl)cccc2Cl)CC1. The maximum absolute atomic E-state index is 13.5. The second-order valence-electron chi connectivity index (χ2n) is 7.17. The van der Waals surface area contributed by atoms with E-state index in [0.717, 1.165) is 10.6 Å². The van der Waals surface area contributed by atoms with Crippen LogP contribution in [0.1, 0.15) is 0 Å². The van der Waals surface area contributed by atoms with E-state index >= 15 is 0 Å². The average Bonchev–Trinajstić information content (AvgIpc) is 2.76. The normalized spacial score (nSPS) is 15.3. The second kappa shape index (κ2) is 8.78. The Morgan fingerprint density at radius 3 is 2.38 bits per heavy atom. The Morgan fingerprint density at radius 2 is 1.72 bits per heavy atom. The molecule has 0 spiro atoms. The molecule has 12 heteroatoms. The number of rotatable bonds is 4. The summed E-state index contributed by atoms with van der Waals surface area (Å²) >= 11 is 12.1. The molecule has 2 aromatic carbocycles. The molecule has 1 fully saturated rings. The van der Waals surface area contributed by atoms with Gasteiger partial charge in [-0.25, -0.2) is 17.8 Å². The van der Waals surface area contributed by atoms with Gasteiger partial charge in [0.15, 0.2) is 0 Å². The Kier molecular flexibility index (Phi) is 6.22. The summed E-state index contributed by atoms with van der Waals surface area (Å²) < 4.78 is 41.7. The van der Waals surface area contributed by atoms with Crippen LogP contribution >= 0.6 is 23.2 Å². The Labute approximate surface area is 192 Å². The highest BCUT2D eigenvalue weighted by atomic mass is 35.5. The van der Waals surface area contributed by atoms with E-state index < -0.39 is 21.4 Å². The highest BCUT2D eigenvalue weighted by molar-refractivity contribution is 7.89. The number of carbonyl (C=O) groups excluding carboxylic acids is 1. The molecule has 4 rings (SSSR count). The van der Waals surface area contributed by atoms with Gasteiger partial charge in [-0.2, -0.15) is 4.31 Å². The van der Waals surface area contributed by atoms with Crippen molar-refractivity contribution in [3.05, 3.63) is 68.9 Å². The monoisotopic (exact) mass is 498 g/mol. The van der Waals surface area contributed by atoms with Crippen LogP contribution in [0.25, 0.3) is 10.9 Å². The molecule has 32 heavy (non-hydrogen) atoms. The first-order valence-electron chi connectivity index (χ1n) is 9.55. The van der Waals surface area contributed by atoms with Gasteiger partial charge in [0.25, 0.3) is 5.56 Å². The van der Waals surface area contributed by atoms with Crippen molar-refractivity contribution in [3.8, 4) is 0 Å². The molecular formula is C20H17Cl2FN4O4S. The number of halogens is 3. The van der Waals surface area contributed by atoms with Crippen molar-refractivity contribution >= 4 is 50.0 Å². The van der Waals surface area contributed by atoms with Gasteiger partial charge in [0.05, 0.1) is 27.3 Å². The summed E-state index contributed by atoms with van der Waals surface area (Å²) in [5.41, 5.74) is -0.199. The lowest BCUT2D eigenvalue weighted by molar-refractivity contribution is -0.133. The number of nitrogens with zero attached hydrogens (tertiary/aromatic N) is 4. The molecule has 0 bridgehead atoms. The molecule has 1 aliphatic heterocycles. The Balaban J connectivity index is 1.47. The van der Waals surface area contributed by atoms with E-state index in [1.807, 2.05) is 0 Å². The van der Waals surface area contributed by atoms with Crippen molar-refractivity contribution in [2.24, 2.45) is 0 Å². The number of sulfonamides is 1. The van der Waals surface area contributed by atoms with Crippen molar-refractivity contribution in [2.45, 2.75) is 11.4 Å². The molecule has 0 radical (unpaired) electrons. The van der Waals surface area contributed by atoms with Gasteiger partial charge in [-0.1, -0.05) is 29.3 Å². The minimum absolute atomic E-state index is 0.0237. The van der Waals surface area contributed by atoms with Gasteiger partial charge in [0.1, 0.15) is 17.3 Å². The van der Waals surface area contributed by atoms with E-state index in [0.29, 0.717) is 5.52 Å². The van der Waals surface area contributed by atoms with Crippen LogP contribution < -0.4 is 5.56 Å². The lowest BCUT2D eigenvalue weighted by atomic mass is 10.2. The third-order valence-corrected chi connectivity index (χ3v) is 8.05. The summed E-state index contributed by atoms with van der Waals surface area (Å²) in [4.78, 5) is 30.7. The molecule has 1 saturated heterocycles. The third-order valence-electron chi connectivity index (χ3n) is 5.20. The van der Waals surface area contributed by atoms with E-state index in [4.69, 9.17) is 23.2 Å². The van der Waals surface area contributed by atoms with Crippen LogP contribution in [0.4, 0.5) is 4.39 Å². The van der Waals surface area contributed by atoms with Gasteiger partial charge in [-0.3, -0.25) is 14.2 Å². The zero-order chi connectivity index (χ0) is 23.0. The van der Waals surface area contributed by atoms with Crippen LogP contribution in [0.5, 0.6) is 0 Å². The summed E-state index contributed by atoms with van der Waals surface area (Å²) in [6.45, 7) is 0.0633. The van der Waals surface area contributed by atoms with Gasteiger partial charge >= 0.3 is 0 Å². The van der Waals surface area contributed by atoms with Crippen LogP contribution in [0.3, 0.4) is 0 Å². The lowest BCUT2D eigenvalue weighted by Crippen LogP contribution is -2.51. The Morgan fingerprint density at radius 1 is 1.06 bits per heavy atom. The van der Waals surface area contributed by atoms with Crippen molar-refractivity contribution < 1.29 is 17.6 Å². The van der Waals surface area contributed by atoms with E-state index in [2.05, 4.69) is 4.98 Å². The summed E-state index contributed by atoms with van der Waals surface area (Å²) in [6, 6.07) is 8.12. The molecule has 0 aliphatic carbocycles. The first kappa shape index (κ1) is 22.7. The molecular weight excluding hydrogens is 482 g/mol. The van der Waals surface area contributed by atoms with E-state index in [1.54, 1.807) is 6.07 Å². The Bertz CT molecular complexity index is 1350. The zero-order valence-corrected chi connectivity index (χ0v) is 18.9. The predicted molar refractivity (Wildman–Crippen MR) is 118 cm³/mol. The fraction of sp³-hybridized carbons (Fsp3) is 0.250. The number of hydrogen-bond acceptors (Lipinski definition) is 5. The molecule has 1 aromatic heterocycles. The molecule has 0 N–H and O–H groups in total. The quantitative estimate of drug-likeness (QED) is 0.550. The van der Waals surface area contributed by atoms with Crippen LogP contribution in [0.15, 0.2) is 52.4 Å². The minimum Gasteiger partial charge on any atom is -0.338 e. The molecule has 168 valence electrons. The largest absolute Gasteiger partial charge is 0.338 e. The van der Waals surface area contributed by atoms with Crippen molar-refractivity contribution in [1.29, 1.82) is 0 Å². The van der Waals surface area contributed by atoms with Crippen molar-refractivity contribution in [1.82, 2.24) is 18.8 Å². The second-order valence-corrected chi connectivity index (χ2v) is 9.86. The maximum Gasteiger partial charge on any atom is 0.261 e. The number of hydrogen-bond donors (Lipinski definition) is 0. The van der Waals surface area contributed by atoms with Crippen LogP contribution in [-0.2, 0) is 21.4 Å². The third kappa shape index (κ3) is 4.23. The molecule has 0 atom stereocenters. The number of fused-ring (bicyclic) bond motifs is 1. The number of amides is 1. The van der Waals surface area contributed by atoms with Gasteiger partial charge in [-0.05, 0) is 30.3 Å². The summed E-state index contributed by atoms with van der Waals surface area (Å²) in [5, 5.41) is 0.124. The summed E-state index contributed by atoms with van der Waals surface area (Å²) in [5.74, 6) is -0.950. The summed E-state index contributed by atoms with van der Waals surface area (Å²) in [7, 11) is -3.94. The maximum atomic E-state index is 13.5. The van der Waals surface area contributed by atoms with Crippen molar-refractivity contribution in [2.75, 3.05) is 26.2 Å². The van der Waals surface area contributed by atoms with Crippen LogP contribution in [-0.4, -0.2) is 59.3 Å². The number of benzene rings is 2. The first-order chi connectivity index (χ1) is 15.2. The van der Waals surface area contributed by atoms with Gasteiger partial charge in [0.2, 0.25) is 15.9 Å².